The molecule has 2 saturated carbocycles. The molecule has 1 aromatic heterocycles. The molecular weight excluding hydrogens is 534 g/mol. The quantitative estimate of drug-likeness (QED) is 0.266. The topological polar surface area (TPSA) is 115 Å². The van der Waals surface area contributed by atoms with E-state index in [2.05, 4.69) is 20.8 Å². The van der Waals surface area contributed by atoms with E-state index >= 15 is 0 Å². The number of ether oxygens (including phenoxy) is 2. The lowest BCUT2D eigenvalue weighted by atomic mass is 10.1. The van der Waals surface area contributed by atoms with Gasteiger partial charge in [-0.15, -0.1) is 5.53 Å². The Bertz CT molecular complexity index is 1200. The Balaban J connectivity index is 1.37. The van der Waals surface area contributed by atoms with E-state index in [0.717, 1.165) is 12.5 Å². The molecule has 0 spiro atoms. The average Bonchev–Trinajstić information content (AvgIpc) is 3.46. The lowest BCUT2D eigenvalue weighted by Gasteiger charge is -2.32. The molecule has 0 bridgehead atoms. The van der Waals surface area contributed by atoms with E-state index in [-0.39, 0.29) is 36.4 Å². The Morgan fingerprint density at radius 1 is 1.21 bits per heavy atom. The number of hydrogen-bond donors (Lipinski definition) is 4. The fourth-order valence-electron chi connectivity index (χ4n) is 5.50. The smallest absolute Gasteiger partial charge is 0.226 e. The van der Waals surface area contributed by atoms with Gasteiger partial charge in [-0.3, -0.25) is 10.0 Å². The number of aliphatic hydroxyl groups is 2. The van der Waals surface area contributed by atoms with Crippen LogP contribution in [0.4, 0.5) is 26.1 Å². The number of hydrazine groups is 2. The van der Waals surface area contributed by atoms with Crippen LogP contribution in [0.15, 0.2) is 18.2 Å². The third-order valence-corrected chi connectivity index (χ3v) is 7.44. The van der Waals surface area contributed by atoms with Crippen LogP contribution in [0.1, 0.15) is 45.1 Å². The van der Waals surface area contributed by atoms with E-state index in [1.54, 1.807) is 16.1 Å². The highest BCUT2D eigenvalue weighted by Crippen LogP contribution is 2.47. The molecule has 10 nitrogen and oxygen atoms in total. The van der Waals surface area contributed by atoms with Gasteiger partial charge in [0.05, 0.1) is 37.6 Å². The van der Waals surface area contributed by atoms with Gasteiger partial charge in [-0.1, -0.05) is 6.07 Å². The molecule has 13 heteroatoms. The summed E-state index contributed by atoms with van der Waals surface area (Å²) < 4.78 is 39.0. The highest BCUT2D eigenvalue weighted by Gasteiger charge is 2.50. The first-order valence-corrected chi connectivity index (χ1v) is 13.5. The number of hydrogen-bond acceptors (Lipinski definition) is 10. The molecule has 2 fully saturated rings. The van der Waals surface area contributed by atoms with Crippen LogP contribution in [0.2, 0.25) is 5.28 Å². The van der Waals surface area contributed by atoms with E-state index in [0.29, 0.717) is 35.9 Å². The summed E-state index contributed by atoms with van der Waals surface area (Å²) in [7, 11) is 1.81. The Morgan fingerprint density at radius 2 is 1.97 bits per heavy atom. The summed E-state index contributed by atoms with van der Waals surface area (Å²) in [6, 6.07) is 3.50. The van der Waals surface area contributed by atoms with E-state index in [1.807, 2.05) is 27.8 Å². The van der Waals surface area contributed by atoms with Crippen LogP contribution in [0, 0.1) is 17.6 Å². The van der Waals surface area contributed by atoms with Crippen molar-refractivity contribution in [2.75, 3.05) is 42.2 Å². The number of benzene rings is 1. The SMILES string of the molecule is CN1NN([C@@H]2CC(COCCO)[C@@H](OC(C)(C)C)[C@H]2O)c2nc(Cl)nc(N[C@@H]3C[C@H]3c3ccc(F)c(F)c3)c21. The van der Waals surface area contributed by atoms with Gasteiger partial charge in [-0.2, -0.15) is 9.97 Å². The molecule has 1 unspecified atom stereocenters. The first-order valence-electron chi connectivity index (χ1n) is 13.1. The molecule has 214 valence electrons. The van der Waals surface area contributed by atoms with Crippen LogP contribution in [0.5, 0.6) is 0 Å². The van der Waals surface area contributed by atoms with Gasteiger partial charge in [0.1, 0.15) is 11.8 Å². The van der Waals surface area contributed by atoms with Crippen LogP contribution < -0.4 is 20.9 Å². The second-order valence-electron chi connectivity index (χ2n) is 11.4. The number of fused-ring (bicyclic) bond motifs is 1. The Kier molecular flexibility index (Phi) is 7.88. The first-order chi connectivity index (χ1) is 18.5. The Labute approximate surface area is 231 Å². The molecule has 6 atom stereocenters. The van der Waals surface area contributed by atoms with Gasteiger partial charge in [-0.25, -0.2) is 8.78 Å². The zero-order chi connectivity index (χ0) is 28.1. The van der Waals surface area contributed by atoms with Crippen molar-refractivity contribution >= 4 is 28.9 Å². The Morgan fingerprint density at radius 3 is 2.67 bits per heavy atom. The van der Waals surface area contributed by atoms with Crippen LogP contribution in [0.25, 0.3) is 0 Å². The molecule has 4 N–H and O–H groups in total. The van der Waals surface area contributed by atoms with E-state index < -0.39 is 35.5 Å². The van der Waals surface area contributed by atoms with Crippen molar-refractivity contribution in [3.05, 3.63) is 40.7 Å². The first kappa shape index (κ1) is 28.2. The van der Waals surface area contributed by atoms with Crippen molar-refractivity contribution < 1.29 is 28.5 Å². The maximum Gasteiger partial charge on any atom is 0.226 e. The van der Waals surface area contributed by atoms with Crippen molar-refractivity contribution in [1.82, 2.24) is 15.5 Å². The standard InChI is InChI=1S/C26H35ClF2N6O4/c1-26(2,3)39-22-14(12-38-8-7-36)10-19(21(22)37)35-24-20(34(4)33-35)23(31-25(27)32-24)30-18-11-15(18)13-5-6-16(28)17(29)9-13/h5-6,9,14-15,18-19,21-22,33,36-37H,7-8,10-12H2,1-4H3,(H,30,31,32)/t14?,15-,18+,19+,21-,22+/m0/s1. The minimum absolute atomic E-state index is 0.00639. The molecule has 39 heavy (non-hydrogen) atoms. The molecular formula is C26H35ClF2N6O4. The fraction of sp³-hybridized carbons (Fsp3) is 0.615. The maximum atomic E-state index is 13.8. The van der Waals surface area contributed by atoms with Crippen molar-refractivity contribution in [3.8, 4) is 0 Å². The largest absolute Gasteiger partial charge is 0.394 e. The van der Waals surface area contributed by atoms with Crippen molar-refractivity contribution in [2.24, 2.45) is 5.92 Å². The minimum Gasteiger partial charge on any atom is -0.394 e. The summed E-state index contributed by atoms with van der Waals surface area (Å²) in [4.78, 5) is 8.89. The highest BCUT2D eigenvalue weighted by atomic mass is 35.5. The zero-order valence-corrected chi connectivity index (χ0v) is 23.1. The molecule has 5 rings (SSSR count). The highest BCUT2D eigenvalue weighted by molar-refractivity contribution is 6.28. The minimum atomic E-state index is -0.872. The maximum absolute atomic E-state index is 13.8. The second-order valence-corrected chi connectivity index (χ2v) is 11.7. The number of aliphatic hydroxyl groups excluding tert-OH is 2. The lowest BCUT2D eigenvalue weighted by molar-refractivity contribution is -0.125. The summed E-state index contributed by atoms with van der Waals surface area (Å²) in [6.45, 7) is 6.26. The lowest BCUT2D eigenvalue weighted by Crippen LogP contribution is -2.53. The molecule has 0 amide bonds. The summed E-state index contributed by atoms with van der Waals surface area (Å²) in [5, 5.41) is 27.5. The summed E-state index contributed by atoms with van der Waals surface area (Å²) in [5.74, 6) is -0.857. The third-order valence-electron chi connectivity index (χ3n) is 7.27. The molecule has 1 aromatic carbocycles. The number of anilines is 3. The van der Waals surface area contributed by atoms with Gasteiger partial charge in [0, 0.05) is 24.9 Å². The van der Waals surface area contributed by atoms with Gasteiger partial charge >= 0.3 is 0 Å². The van der Waals surface area contributed by atoms with Crippen LogP contribution in [-0.2, 0) is 9.47 Å². The molecule has 2 heterocycles. The molecule has 1 aliphatic heterocycles. The van der Waals surface area contributed by atoms with Crippen LogP contribution >= 0.6 is 11.6 Å². The predicted molar refractivity (Wildman–Crippen MR) is 143 cm³/mol. The van der Waals surface area contributed by atoms with Gasteiger partial charge in [0.15, 0.2) is 23.3 Å². The average molecular weight is 569 g/mol. The van der Waals surface area contributed by atoms with Gasteiger partial charge in [0.2, 0.25) is 5.28 Å². The van der Waals surface area contributed by atoms with Crippen LogP contribution in [-0.4, -0.2) is 76.9 Å². The number of aromatic nitrogens is 2. The fourth-order valence-corrected chi connectivity index (χ4v) is 5.67. The second kappa shape index (κ2) is 10.9. The Hall–Kier alpha value is -2.35. The molecule has 3 aliphatic rings. The number of nitrogens with zero attached hydrogens (tertiary/aromatic N) is 4. The van der Waals surface area contributed by atoms with Crippen molar-refractivity contribution in [2.45, 2.75) is 69.4 Å². The summed E-state index contributed by atoms with van der Waals surface area (Å²) >= 11 is 6.35. The molecule has 2 aliphatic carbocycles. The summed E-state index contributed by atoms with van der Waals surface area (Å²) in [5.41, 5.74) is 4.13. The zero-order valence-electron chi connectivity index (χ0n) is 22.4. The molecule has 0 saturated heterocycles. The number of nitrogens with one attached hydrogen (secondary N) is 2. The van der Waals surface area contributed by atoms with Gasteiger partial charge < -0.3 is 25.0 Å². The van der Waals surface area contributed by atoms with E-state index in [1.165, 1.54) is 6.07 Å². The summed E-state index contributed by atoms with van der Waals surface area (Å²) in [6.07, 6.45) is -0.0997. The third kappa shape index (κ3) is 5.91. The molecule has 2 aromatic rings. The number of rotatable bonds is 9. The van der Waals surface area contributed by atoms with E-state index in [4.69, 9.17) is 26.2 Å². The number of halogens is 3. The van der Waals surface area contributed by atoms with Gasteiger partial charge in [-0.05, 0) is 62.9 Å². The predicted octanol–water partition coefficient (Wildman–Crippen LogP) is 2.99. The monoisotopic (exact) mass is 568 g/mol. The normalized spacial score (nSPS) is 28.2. The van der Waals surface area contributed by atoms with Crippen molar-refractivity contribution in [1.29, 1.82) is 0 Å². The van der Waals surface area contributed by atoms with Crippen LogP contribution in [0.3, 0.4) is 0 Å². The molecule has 0 radical (unpaired) electrons. The van der Waals surface area contributed by atoms with Gasteiger partial charge in [0.25, 0.3) is 0 Å². The van der Waals surface area contributed by atoms with E-state index in [9.17, 15) is 13.9 Å². The van der Waals surface area contributed by atoms with Crippen molar-refractivity contribution in [3.63, 3.8) is 0 Å².